The molecule has 0 saturated carbocycles. The number of carbonyl (C=O) groups excluding carboxylic acids is 3. The Hall–Kier alpha value is -1.59. The Morgan fingerprint density at radius 2 is 0.574 bits per heavy atom. The van der Waals surface area contributed by atoms with Crippen LogP contribution in [0, 0.1) is 5.92 Å². The third kappa shape index (κ3) is 47.7. The summed E-state index contributed by atoms with van der Waals surface area (Å²) in [6.45, 7) is 9.01. The third-order valence-corrected chi connectivity index (χ3v) is 12.9. The topological polar surface area (TPSA) is 78.9 Å². The van der Waals surface area contributed by atoms with Gasteiger partial charge >= 0.3 is 17.9 Å². The standard InChI is InChI=1S/C55H106O6/c1-5-8-10-12-14-16-18-20-22-23-24-25-26-28-30-32-34-39-43-47-54(57)60-50-52(61-55(58)48-44-40-36-35-37-41-45-51(4)7-3)49-59-53(56)46-42-38-33-31-29-27-21-19-17-15-13-11-9-6-2/h51-52H,5-50H2,1-4H3/t51?,52-/m1/s1. The fourth-order valence-corrected chi connectivity index (χ4v) is 8.36. The van der Waals surface area contributed by atoms with Gasteiger partial charge in [-0.05, 0) is 25.2 Å². The highest BCUT2D eigenvalue weighted by atomic mass is 16.6. The van der Waals surface area contributed by atoms with E-state index in [9.17, 15) is 14.4 Å². The molecule has 0 amide bonds. The molecular weight excluding hydrogens is 757 g/mol. The predicted octanol–water partition coefficient (Wildman–Crippen LogP) is 17.8. The van der Waals surface area contributed by atoms with Crippen molar-refractivity contribution in [3.8, 4) is 0 Å². The molecule has 1 unspecified atom stereocenters. The van der Waals surface area contributed by atoms with Crippen LogP contribution >= 0.6 is 0 Å². The summed E-state index contributed by atoms with van der Waals surface area (Å²) in [6.07, 6.45) is 52.4. The maximum Gasteiger partial charge on any atom is 0.306 e. The van der Waals surface area contributed by atoms with Gasteiger partial charge in [-0.2, -0.15) is 0 Å². The molecule has 0 radical (unpaired) electrons. The second-order valence-corrected chi connectivity index (χ2v) is 19.1. The fraction of sp³-hybridized carbons (Fsp3) is 0.945. The molecule has 0 rings (SSSR count). The van der Waals surface area contributed by atoms with Gasteiger partial charge in [-0.1, -0.05) is 272 Å². The first-order chi connectivity index (χ1) is 29.9. The average molecular weight is 863 g/mol. The van der Waals surface area contributed by atoms with E-state index < -0.39 is 6.10 Å². The van der Waals surface area contributed by atoms with Gasteiger partial charge in [0.25, 0.3) is 0 Å². The molecule has 0 aromatic rings. The van der Waals surface area contributed by atoms with Gasteiger partial charge in [-0.3, -0.25) is 14.4 Å². The summed E-state index contributed by atoms with van der Waals surface area (Å²) in [6, 6.07) is 0. The molecule has 0 heterocycles. The number of hydrogen-bond donors (Lipinski definition) is 0. The zero-order valence-electron chi connectivity index (χ0n) is 41.6. The number of esters is 3. The molecule has 0 spiro atoms. The van der Waals surface area contributed by atoms with E-state index in [2.05, 4.69) is 27.7 Å². The largest absolute Gasteiger partial charge is 0.462 e. The van der Waals surface area contributed by atoms with Crippen molar-refractivity contribution in [1.82, 2.24) is 0 Å². The van der Waals surface area contributed by atoms with Gasteiger partial charge in [0, 0.05) is 19.3 Å². The zero-order chi connectivity index (χ0) is 44.5. The second-order valence-electron chi connectivity index (χ2n) is 19.1. The molecule has 61 heavy (non-hydrogen) atoms. The van der Waals surface area contributed by atoms with Crippen LogP contribution < -0.4 is 0 Å². The highest BCUT2D eigenvalue weighted by Crippen LogP contribution is 2.18. The lowest BCUT2D eigenvalue weighted by Crippen LogP contribution is -2.30. The van der Waals surface area contributed by atoms with Crippen LogP contribution in [0.5, 0.6) is 0 Å². The lowest BCUT2D eigenvalue weighted by atomic mass is 10.00. The van der Waals surface area contributed by atoms with Crippen LogP contribution in [-0.4, -0.2) is 37.2 Å². The van der Waals surface area contributed by atoms with Gasteiger partial charge in [0.2, 0.25) is 0 Å². The molecule has 0 saturated heterocycles. The van der Waals surface area contributed by atoms with Gasteiger partial charge < -0.3 is 14.2 Å². The molecule has 0 N–H and O–H groups in total. The first-order valence-corrected chi connectivity index (χ1v) is 27.4. The summed E-state index contributed by atoms with van der Waals surface area (Å²) in [4.78, 5) is 38.0. The Morgan fingerprint density at radius 3 is 0.852 bits per heavy atom. The van der Waals surface area contributed by atoms with E-state index in [0.29, 0.717) is 19.3 Å². The first kappa shape index (κ1) is 59.4. The average Bonchev–Trinajstić information content (AvgIpc) is 3.26. The van der Waals surface area contributed by atoms with Crippen molar-refractivity contribution in [2.75, 3.05) is 13.2 Å². The number of hydrogen-bond acceptors (Lipinski definition) is 6. The molecule has 6 heteroatoms. The van der Waals surface area contributed by atoms with Gasteiger partial charge in [0.05, 0.1) is 0 Å². The van der Waals surface area contributed by atoms with Crippen molar-refractivity contribution in [3.63, 3.8) is 0 Å². The molecule has 0 fully saturated rings. The molecular formula is C55H106O6. The summed E-state index contributed by atoms with van der Waals surface area (Å²) < 4.78 is 16.8. The minimum absolute atomic E-state index is 0.0635. The molecule has 0 bridgehead atoms. The highest BCUT2D eigenvalue weighted by Gasteiger charge is 2.19. The van der Waals surface area contributed by atoms with Crippen LogP contribution in [-0.2, 0) is 28.6 Å². The molecule has 362 valence electrons. The van der Waals surface area contributed by atoms with Crippen LogP contribution in [0.4, 0.5) is 0 Å². The Kier molecular flexibility index (Phi) is 48.1. The maximum absolute atomic E-state index is 12.8. The number of rotatable bonds is 50. The van der Waals surface area contributed by atoms with Gasteiger partial charge in [-0.15, -0.1) is 0 Å². The van der Waals surface area contributed by atoms with Crippen LogP contribution in [0.2, 0.25) is 0 Å². The lowest BCUT2D eigenvalue weighted by Gasteiger charge is -2.18. The summed E-state index contributed by atoms with van der Waals surface area (Å²) in [7, 11) is 0. The summed E-state index contributed by atoms with van der Waals surface area (Å²) in [5, 5.41) is 0. The van der Waals surface area contributed by atoms with E-state index in [1.54, 1.807) is 0 Å². The Balaban J connectivity index is 4.22. The van der Waals surface area contributed by atoms with Crippen molar-refractivity contribution in [2.45, 2.75) is 316 Å². The van der Waals surface area contributed by atoms with E-state index in [4.69, 9.17) is 14.2 Å². The van der Waals surface area contributed by atoms with Gasteiger partial charge in [0.1, 0.15) is 13.2 Å². The van der Waals surface area contributed by atoms with Crippen molar-refractivity contribution in [3.05, 3.63) is 0 Å². The van der Waals surface area contributed by atoms with Crippen molar-refractivity contribution >= 4 is 17.9 Å². The molecule has 2 atom stereocenters. The van der Waals surface area contributed by atoms with Crippen LogP contribution in [0.1, 0.15) is 310 Å². The summed E-state index contributed by atoms with van der Waals surface area (Å²) in [5.41, 5.74) is 0. The highest BCUT2D eigenvalue weighted by molar-refractivity contribution is 5.71. The zero-order valence-corrected chi connectivity index (χ0v) is 41.6. The Labute approximate surface area is 380 Å². The van der Waals surface area contributed by atoms with Crippen LogP contribution in [0.15, 0.2) is 0 Å². The van der Waals surface area contributed by atoms with Gasteiger partial charge in [0.15, 0.2) is 6.10 Å². The third-order valence-electron chi connectivity index (χ3n) is 12.9. The van der Waals surface area contributed by atoms with Crippen molar-refractivity contribution in [2.24, 2.45) is 5.92 Å². The Bertz CT molecular complexity index is 920. The molecule has 0 aromatic carbocycles. The van der Waals surface area contributed by atoms with E-state index in [1.807, 2.05) is 0 Å². The van der Waals surface area contributed by atoms with Crippen molar-refractivity contribution < 1.29 is 28.6 Å². The van der Waals surface area contributed by atoms with E-state index in [0.717, 1.165) is 63.7 Å². The van der Waals surface area contributed by atoms with Crippen LogP contribution in [0.25, 0.3) is 0 Å². The predicted molar refractivity (Wildman–Crippen MR) is 261 cm³/mol. The smallest absolute Gasteiger partial charge is 0.306 e. The molecule has 0 aliphatic heterocycles. The quantitative estimate of drug-likeness (QED) is 0.0344. The second kappa shape index (κ2) is 49.4. The molecule has 6 nitrogen and oxygen atoms in total. The van der Waals surface area contributed by atoms with Crippen molar-refractivity contribution in [1.29, 1.82) is 0 Å². The molecule has 0 aromatic heterocycles. The van der Waals surface area contributed by atoms with Crippen LogP contribution in [0.3, 0.4) is 0 Å². The first-order valence-electron chi connectivity index (χ1n) is 27.4. The normalized spacial score (nSPS) is 12.4. The summed E-state index contributed by atoms with van der Waals surface area (Å²) in [5.74, 6) is -0.0350. The maximum atomic E-state index is 12.8. The van der Waals surface area contributed by atoms with E-state index in [1.165, 1.54) is 205 Å². The lowest BCUT2D eigenvalue weighted by molar-refractivity contribution is -0.167. The summed E-state index contributed by atoms with van der Waals surface area (Å²) >= 11 is 0. The number of unbranched alkanes of at least 4 members (excludes halogenated alkanes) is 36. The SMILES string of the molecule is CCCCCCCCCCCCCCCCCCCCCC(=O)OC[C@@H](COC(=O)CCCCCCCCCCCCCCCC)OC(=O)CCCCCCCCC(C)CC. The minimum Gasteiger partial charge on any atom is -0.462 e. The number of ether oxygens (including phenoxy) is 3. The minimum atomic E-state index is -0.762. The molecule has 0 aliphatic rings. The molecule has 0 aliphatic carbocycles. The monoisotopic (exact) mass is 863 g/mol. The Morgan fingerprint density at radius 1 is 0.328 bits per heavy atom. The van der Waals surface area contributed by atoms with Gasteiger partial charge in [-0.25, -0.2) is 0 Å². The number of carbonyl (C=O) groups is 3. The fourth-order valence-electron chi connectivity index (χ4n) is 8.36. The van der Waals surface area contributed by atoms with E-state index >= 15 is 0 Å². The van der Waals surface area contributed by atoms with E-state index in [-0.39, 0.29) is 31.1 Å².